The Morgan fingerprint density at radius 2 is 2.05 bits per heavy atom. The Kier molecular flexibility index (Phi) is 3.86. The molecule has 2 saturated heterocycles. The maximum atomic E-state index is 11.9. The number of hydrogen-bond donors (Lipinski definition) is 1. The van der Waals surface area contributed by atoms with Crippen LogP contribution in [-0.2, 0) is 18.9 Å². The largest absolute Gasteiger partial charge is 0.459 e. The maximum Gasteiger partial charge on any atom is 0.338 e. The zero-order chi connectivity index (χ0) is 15.7. The van der Waals surface area contributed by atoms with Crippen molar-refractivity contribution in [3.05, 3.63) is 35.9 Å². The highest BCUT2D eigenvalue weighted by Crippen LogP contribution is 2.35. The number of fused-ring (bicyclic) bond motifs is 1. The summed E-state index contributed by atoms with van der Waals surface area (Å²) in [6.07, 6.45) is -1.95. The maximum absolute atomic E-state index is 11.9. The van der Waals surface area contributed by atoms with Crippen LogP contribution in [-0.4, -0.2) is 47.8 Å². The number of rotatable bonds is 3. The third-order valence-electron chi connectivity index (χ3n) is 3.47. The van der Waals surface area contributed by atoms with Gasteiger partial charge in [-0.1, -0.05) is 23.4 Å². The summed E-state index contributed by atoms with van der Waals surface area (Å²) in [7, 11) is 0. The fraction of sp³-hybridized carbons (Fsp3) is 0.467. The normalized spacial score (nSPS) is 31.2. The highest BCUT2D eigenvalue weighted by atomic mass is 16.8. The molecule has 7 nitrogen and oxygen atoms in total. The van der Waals surface area contributed by atoms with E-state index in [0.717, 1.165) is 0 Å². The highest BCUT2D eigenvalue weighted by molar-refractivity contribution is 5.95. The molecule has 7 heteroatoms. The minimum Gasteiger partial charge on any atom is -0.459 e. The summed E-state index contributed by atoms with van der Waals surface area (Å²) in [5.41, 5.74) is 0.702. The molecule has 0 bridgehead atoms. The van der Waals surface area contributed by atoms with Gasteiger partial charge >= 0.3 is 5.97 Å². The van der Waals surface area contributed by atoms with E-state index in [2.05, 4.69) is 5.16 Å². The van der Waals surface area contributed by atoms with Crippen molar-refractivity contribution in [2.24, 2.45) is 5.16 Å². The van der Waals surface area contributed by atoms with E-state index in [-0.39, 0.29) is 12.3 Å². The lowest BCUT2D eigenvalue weighted by molar-refractivity contribution is -0.199. The molecule has 1 aromatic carbocycles. The first-order valence-electron chi connectivity index (χ1n) is 6.95. The monoisotopic (exact) mass is 307 g/mol. The number of ether oxygens (including phenoxy) is 4. The lowest BCUT2D eigenvalue weighted by atomic mass is 10.1. The van der Waals surface area contributed by atoms with Crippen LogP contribution >= 0.6 is 0 Å². The minimum atomic E-state index is -0.809. The first-order chi connectivity index (χ1) is 10.5. The molecule has 2 fully saturated rings. The van der Waals surface area contributed by atoms with E-state index >= 15 is 0 Å². The van der Waals surface area contributed by atoms with Gasteiger partial charge in [0.15, 0.2) is 18.2 Å². The predicted octanol–water partition coefficient (Wildman–Crippen LogP) is 1.55. The molecule has 1 N–H and O–H groups in total. The van der Waals surface area contributed by atoms with Crippen molar-refractivity contribution < 1.29 is 28.9 Å². The second kappa shape index (κ2) is 5.68. The van der Waals surface area contributed by atoms with Crippen LogP contribution in [0.15, 0.2) is 35.5 Å². The topological polar surface area (TPSA) is 86.6 Å². The Bertz CT molecular complexity index is 585. The molecule has 0 spiro atoms. The van der Waals surface area contributed by atoms with Crippen molar-refractivity contribution in [2.45, 2.75) is 38.1 Å². The van der Waals surface area contributed by atoms with Crippen molar-refractivity contribution in [1.29, 1.82) is 0 Å². The Morgan fingerprint density at radius 1 is 1.32 bits per heavy atom. The predicted molar refractivity (Wildman–Crippen MR) is 74.6 cm³/mol. The Morgan fingerprint density at radius 3 is 2.73 bits per heavy atom. The molecule has 2 aliphatic heterocycles. The number of carbonyl (C=O) groups excluding carboxylic acids is 1. The minimum absolute atomic E-state index is 0.0761. The second-order valence-corrected chi connectivity index (χ2v) is 5.54. The molecular formula is C15H17NO6. The average molecular weight is 307 g/mol. The van der Waals surface area contributed by atoms with Crippen molar-refractivity contribution >= 4 is 11.7 Å². The van der Waals surface area contributed by atoms with Gasteiger partial charge in [0.1, 0.15) is 18.4 Å². The highest BCUT2D eigenvalue weighted by Gasteiger charge is 2.53. The van der Waals surface area contributed by atoms with E-state index in [1.54, 1.807) is 38.1 Å². The van der Waals surface area contributed by atoms with Crippen molar-refractivity contribution in [1.82, 2.24) is 0 Å². The molecular weight excluding hydrogens is 290 g/mol. The van der Waals surface area contributed by atoms with Crippen molar-refractivity contribution in [3.8, 4) is 0 Å². The number of carbonyl (C=O) groups is 1. The second-order valence-electron chi connectivity index (χ2n) is 5.54. The van der Waals surface area contributed by atoms with Crippen LogP contribution in [0.25, 0.3) is 0 Å². The number of hydrogen-bond acceptors (Lipinski definition) is 7. The molecule has 0 aromatic heterocycles. The zero-order valence-electron chi connectivity index (χ0n) is 12.3. The number of benzene rings is 1. The summed E-state index contributed by atoms with van der Waals surface area (Å²) in [5.74, 6) is -1.28. The van der Waals surface area contributed by atoms with Gasteiger partial charge in [0.05, 0.1) is 5.56 Å². The van der Waals surface area contributed by atoms with Gasteiger partial charge in [0.25, 0.3) is 0 Å². The molecule has 3 atom stereocenters. The van der Waals surface area contributed by atoms with Crippen molar-refractivity contribution in [2.75, 3.05) is 6.61 Å². The Labute approximate surface area is 127 Å². The molecule has 22 heavy (non-hydrogen) atoms. The fourth-order valence-electron chi connectivity index (χ4n) is 2.50. The summed E-state index contributed by atoms with van der Waals surface area (Å²) in [5, 5.41) is 12.4. The average Bonchev–Trinajstić information content (AvgIpc) is 2.96. The van der Waals surface area contributed by atoms with E-state index in [0.29, 0.717) is 5.56 Å². The number of esters is 1. The summed E-state index contributed by atoms with van der Waals surface area (Å²) in [6, 6.07) is 8.62. The van der Waals surface area contributed by atoms with Gasteiger partial charge in [0.2, 0.25) is 0 Å². The van der Waals surface area contributed by atoms with E-state index in [9.17, 15) is 4.79 Å². The van der Waals surface area contributed by atoms with Gasteiger partial charge in [-0.3, -0.25) is 0 Å². The van der Waals surface area contributed by atoms with Crippen LogP contribution in [0.5, 0.6) is 0 Å². The van der Waals surface area contributed by atoms with E-state index < -0.39 is 30.3 Å². The summed E-state index contributed by atoms with van der Waals surface area (Å²) >= 11 is 0. The number of oxime groups is 1. The third-order valence-corrected chi connectivity index (χ3v) is 3.47. The van der Waals surface area contributed by atoms with Crippen LogP contribution < -0.4 is 0 Å². The SMILES string of the molecule is CC1(C)O[C@H]2O[C@H](COC(=O)c3ccccc3)/C(=N/O)[C@@H]2O1. The van der Waals surface area contributed by atoms with Crippen LogP contribution in [0.3, 0.4) is 0 Å². The van der Waals surface area contributed by atoms with E-state index in [4.69, 9.17) is 24.2 Å². The summed E-state index contributed by atoms with van der Waals surface area (Å²) in [4.78, 5) is 11.9. The molecule has 0 unspecified atom stereocenters. The van der Waals surface area contributed by atoms with Gasteiger partial charge in [-0.15, -0.1) is 0 Å². The van der Waals surface area contributed by atoms with Gasteiger partial charge in [-0.25, -0.2) is 4.79 Å². The van der Waals surface area contributed by atoms with Gasteiger partial charge < -0.3 is 24.2 Å². The number of nitrogens with zero attached hydrogens (tertiary/aromatic N) is 1. The third kappa shape index (κ3) is 2.83. The smallest absolute Gasteiger partial charge is 0.338 e. The Balaban J connectivity index is 1.62. The molecule has 0 aliphatic carbocycles. The van der Waals surface area contributed by atoms with Crippen LogP contribution in [0.1, 0.15) is 24.2 Å². The zero-order valence-corrected chi connectivity index (χ0v) is 12.3. The molecule has 2 heterocycles. The summed E-state index contributed by atoms with van der Waals surface area (Å²) < 4.78 is 22.0. The van der Waals surface area contributed by atoms with Gasteiger partial charge in [-0.2, -0.15) is 0 Å². The molecule has 3 rings (SSSR count). The van der Waals surface area contributed by atoms with Crippen LogP contribution in [0.4, 0.5) is 0 Å². The fourth-order valence-corrected chi connectivity index (χ4v) is 2.50. The first-order valence-corrected chi connectivity index (χ1v) is 6.95. The van der Waals surface area contributed by atoms with Crippen molar-refractivity contribution in [3.63, 3.8) is 0 Å². The van der Waals surface area contributed by atoms with Gasteiger partial charge in [-0.05, 0) is 26.0 Å². The van der Waals surface area contributed by atoms with E-state index in [1.165, 1.54) is 0 Å². The first kappa shape index (κ1) is 15.0. The molecule has 0 saturated carbocycles. The molecule has 118 valence electrons. The molecule has 2 aliphatic rings. The standard InChI is InChI=1S/C15H17NO6/c1-15(2)21-12-11(16-18)10(20-14(12)22-15)8-19-13(17)9-6-4-3-5-7-9/h3-7,10,12,14,18H,8H2,1-2H3/b16-11-/t10-,12+,14-/m1/s1. The van der Waals surface area contributed by atoms with Crippen LogP contribution in [0.2, 0.25) is 0 Å². The lowest BCUT2D eigenvalue weighted by Crippen LogP contribution is -2.33. The molecule has 0 radical (unpaired) electrons. The van der Waals surface area contributed by atoms with E-state index in [1.807, 2.05) is 6.07 Å². The van der Waals surface area contributed by atoms with Crippen LogP contribution in [0, 0.1) is 0 Å². The Hall–Kier alpha value is -1.96. The molecule has 1 aromatic rings. The lowest BCUT2D eigenvalue weighted by Gasteiger charge is -2.20. The van der Waals surface area contributed by atoms with Gasteiger partial charge in [0, 0.05) is 0 Å². The quantitative estimate of drug-likeness (QED) is 0.518. The molecule has 0 amide bonds. The summed E-state index contributed by atoms with van der Waals surface area (Å²) in [6.45, 7) is 3.41.